The van der Waals surface area contributed by atoms with Gasteiger partial charge in [-0.2, -0.15) is 0 Å². The van der Waals surface area contributed by atoms with Gasteiger partial charge in [0.15, 0.2) is 0 Å². The highest BCUT2D eigenvalue weighted by molar-refractivity contribution is 6.00. The maximum Gasteiger partial charge on any atom is 0.0845 e. The molecule has 1 rings (SSSR count). The lowest BCUT2D eigenvalue weighted by molar-refractivity contribution is 1.10. The quantitative estimate of drug-likeness (QED) is 0.714. The zero-order chi connectivity index (χ0) is 12.0. The van der Waals surface area contributed by atoms with Gasteiger partial charge in [0, 0.05) is 13.1 Å². The van der Waals surface area contributed by atoms with E-state index in [-0.39, 0.29) is 0 Å². The third kappa shape index (κ3) is 3.26. The van der Waals surface area contributed by atoms with Crippen LogP contribution in [0.25, 0.3) is 0 Å². The van der Waals surface area contributed by atoms with Crippen molar-refractivity contribution < 1.29 is 0 Å². The molecule has 3 nitrogen and oxygen atoms in total. The van der Waals surface area contributed by atoms with Crippen molar-refractivity contribution in [2.24, 2.45) is 9.98 Å². The molecule has 1 aromatic rings. The normalized spacial score (nSPS) is 13.0. The molecule has 0 radical (unpaired) electrons. The summed E-state index contributed by atoms with van der Waals surface area (Å²) < 4.78 is 0. The average Bonchev–Trinajstić information content (AvgIpc) is 2.30. The number of rotatable bonds is 4. The van der Waals surface area contributed by atoms with Gasteiger partial charge in [0.05, 0.1) is 22.8 Å². The molecule has 0 fully saturated rings. The van der Waals surface area contributed by atoms with Crippen LogP contribution in [-0.4, -0.2) is 29.5 Å². The van der Waals surface area contributed by atoms with Gasteiger partial charge in [-0.05, 0) is 39.8 Å². The van der Waals surface area contributed by atoms with Gasteiger partial charge in [0.1, 0.15) is 0 Å². The second-order valence-corrected chi connectivity index (χ2v) is 3.53. The van der Waals surface area contributed by atoms with Crippen molar-refractivity contribution in [1.82, 2.24) is 4.98 Å². The molecule has 1 aromatic heterocycles. The lowest BCUT2D eigenvalue weighted by atomic mass is 10.2. The third-order valence-electron chi connectivity index (χ3n) is 2.28. The molecule has 0 aliphatic rings. The predicted molar refractivity (Wildman–Crippen MR) is 69.7 cm³/mol. The molecule has 0 saturated carbocycles. The summed E-state index contributed by atoms with van der Waals surface area (Å²) in [5, 5.41) is 0. The number of hydrogen-bond donors (Lipinski definition) is 0. The zero-order valence-corrected chi connectivity index (χ0v) is 10.5. The molecule has 0 unspecified atom stereocenters. The molecular formula is C13H19N3. The van der Waals surface area contributed by atoms with Crippen molar-refractivity contribution in [2.75, 3.05) is 13.1 Å². The third-order valence-corrected chi connectivity index (χ3v) is 2.28. The average molecular weight is 217 g/mol. The van der Waals surface area contributed by atoms with E-state index in [9.17, 15) is 0 Å². The van der Waals surface area contributed by atoms with Crippen LogP contribution >= 0.6 is 0 Å². The van der Waals surface area contributed by atoms with Gasteiger partial charge in [-0.25, -0.2) is 4.98 Å². The largest absolute Gasteiger partial charge is 0.288 e. The van der Waals surface area contributed by atoms with Crippen LogP contribution in [0.3, 0.4) is 0 Å². The molecule has 0 aromatic carbocycles. The van der Waals surface area contributed by atoms with Crippen molar-refractivity contribution in [1.29, 1.82) is 0 Å². The van der Waals surface area contributed by atoms with Gasteiger partial charge >= 0.3 is 0 Å². The Morgan fingerprint density at radius 2 is 1.44 bits per heavy atom. The Balaban J connectivity index is 3.04. The summed E-state index contributed by atoms with van der Waals surface area (Å²) in [6.07, 6.45) is 0. The first kappa shape index (κ1) is 12.6. The molecule has 0 aliphatic carbocycles. The van der Waals surface area contributed by atoms with Crippen molar-refractivity contribution >= 4 is 11.4 Å². The van der Waals surface area contributed by atoms with E-state index in [4.69, 9.17) is 0 Å². The molecule has 16 heavy (non-hydrogen) atoms. The van der Waals surface area contributed by atoms with Crippen LogP contribution in [0, 0.1) is 0 Å². The number of nitrogens with zero attached hydrogens (tertiary/aromatic N) is 3. The van der Waals surface area contributed by atoms with E-state index in [0.29, 0.717) is 0 Å². The van der Waals surface area contributed by atoms with Gasteiger partial charge in [-0.3, -0.25) is 9.98 Å². The van der Waals surface area contributed by atoms with E-state index in [1.165, 1.54) is 0 Å². The van der Waals surface area contributed by atoms with Crippen LogP contribution in [0.2, 0.25) is 0 Å². The Hall–Kier alpha value is -1.51. The highest BCUT2D eigenvalue weighted by atomic mass is 14.8. The first-order chi connectivity index (χ1) is 7.69. The Kier molecular flexibility index (Phi) is 4.83. The molecule has 0 aliphatic heterocycles. The second-order valence-electron chi connectivity index (χ2n) is 3.53. The summed E-state index contributed by atoms with van der Waals surface area (Å²) in [6.45, 7) is 9.61. The minimum absolute atomic E-state index is 0.791. The van der Waals surface area contributed by atoms with E-state index >= 15 is 0 Å². The van der Waals surface area contributed by atoms with Crippen LogP contribution < -0.4 is 0 Å². The molecule has 86 valence electrons. The highest BCUT2D eigenvalue weighted by Crippen LogP contribution is 2.03. The predicted octanol–water partition coefficient (Wildman–Crippen LogP) is 2.74. The monoisotopic (exact) mass is 217 g/mol. The fourth-order valence-corrected chi connectivity index (χ4v) is 1.47. The lowest BCUT2D eigenvalue weighted by Crippen LogP contribution is -2.05. The van der Waals surface area contributed by atoms with Crippen molar-refractivity contribution in [3.8, 4) is 0 Å². The Bertz CT molecular complexity index is 370. The van der Waals surface area contributed by atoms with E-state index in [1.54, 1.807) is 0 Å². The van der Waals surface area contributed by atoms with Gasteiger partial charge in [-0.1, -0.05) is 6.07 Å². The summed E-state index contributed by atoms with van der Waals surface area (Å²) >= 11 is 0. The standard InChI is InChI=1S/C13H19N3/c1-5-14-10(3)12-8-7-9-13(16-12)11(4)15-6-2/h7-9H,5-6H2,1-4H3. The summed E-state index contributed by atoms with van der Waals surface area (Å²) in [5.41, 5.74) is 3.83. The molecule has 0 saturated heterocycles. The first-order valence-electron chi connectivity index (χ1n) is 5.69. The Labute approximate surface area is 97.4 Å². The van der Waals surface area contributed by atoms with Crippen LogP contribution in [0.15, 0.2) is 28.2 Å². The van der Waals surface area contributed by atoms with Gasteiger partial charge in [0.2, 0.25) is 0 Å². The molecule has 0 spiro atoms. The van der Waals surface area contributed by atoms with E-state index in [2.05, 4.69) is 15.0 Å². The maximum absolute atomic E-state index is 4.55. The fraction of sp³-hybridized carbons (Fsp3) is 0.462. The van der Waals surface area contributed by atoms with Crippen molar-refractivity contribution in [3.63, 3.8) is 0 Å². The molecule has 0 atom stereocenters. The van der Waals surface area contributed by atoms with Gasteiger partial charge in [0.25, 0.3) is 0 Å². The Morgan fingerprint density at radius 1 is 1.00 bits per heavy atom. The second kappa shape index (κ2) is 6.16. The minimum atomic E-state index is 0.791. The zero-order valence-electron chi connectivity index (χ0n) is 10.5. The summed E-state index contributed by atoms with van der Waals surface area (Å²) in [6, 6.07) is 5.97. The number of aliphatic imine (C=N–C) groups is 2. The maximum atomic E-state index is 4.55. The summed E-state index contributed by atoms with van der Waals surface area (Å²) in [5.74, 6) is 0. The van der Waals surface area contributed by atoms with Crippen LogP contribution in [-0.2, 0) is 0 Å². The molecule has 1 heterocycles. The molecule has 3 heteroatoms. The van der Waals surface area contributed by atoms with E-state index in [1.807, 2.05) is 45.9 Å². The number of aromatic nitrogens is 1. The van der Waals surface area contributed by atoms with Gasteiger partial charge in [-0.15, -0.1) is 0 Å². The summed E-state index contributed by atoms with van der Waals surface area (Å²) in [4.78, 5) is 13.3. The molecular weight excluding hydrogens is 198 g/mol. The molecule has 0 N–H and O–H groups in total. The number of pyridine rings is 1. The van der Waals surface area contributed by atoms with Crippen molar-refractivity contribution in [3.05, 3.63) is 29.6 Å². The van der Waals surface area contributed by atoms with Crippen LogP contribution in [0.4, 0.5) is 0 Å². The van der Waals surface area contributed by atoms with E-state index in [0.717, 1.165) is 35.9 Å². The topological polar surface area (TPSA) is 37.6 Å². The lowest BCUT2D eigenvalue weighted by Gasteiger charge is -2.03. The van der Waals surface area contributed by atoms with Crippen molar-refractivity contribution in [2.45, 2.75) is 27.7 Å². The smallest absolute Gasteiger partial charge is 0.0845 e. The SMILES string of the molecule is CCN=C(C)c1cccc(C(C)=NCC)n1. The van der Waals surface area contributed by atoms with Crippen LogP contribution in [0.1, 0.15) is 39.1 Å². The minimum Gasteiger partial charge on any atom is -0.288 e. The van der Waals surface area contributed by atoms with Gasteiger partial charge < -0.3 is 0 Å². The van der Waals surface area contributed by atoms with Crippen LogP contribution in [0.5, 0.6) is 0 Å². The molecule has 0 amide bonds. The summed E-state index contributed by atoms with van der Waals surface area (Å²) in [7, 11) is 0. The highest BCUT2D eigenvalue weighted by Gasteiger charge is 2.02. The number of hydrogen-bond acceptors (Lipinski definition) is 3. The Morgan fingerprint density at radius 3 is 1.81 bits per heavy atom. The fourth-order valence-electron chi connectivity index (χ4n) is 1.47. The van der Waals surface area contributed by atoms with E-state index < -0.39 is 0 Å². The molecule has 0 bridgehead atoms. The first-order valence-corrected chi connectivity index (χ1v) is 5.69.